The van der Waals surface area contributed by atoms with Gasteiger partial charge in [-0.05, 0) is 50.1 Å². The summed E-state index contributed by atoms with van der Waals surface area (Å²) in [5, 5.41) is 0. The van der Waals surface area contributed by atoms with Gasteiger partial charge in [-0.15, -0.1) is 0 Å². The number of carbonyl (C=O) groups excluding carboxylic acids is 1. The molecular formula is C20H20F3NO5. The van der Waals surface area contributed by atoms with Crippen LogP contribution in [0.1, 0.15) is 25.3 Å². The molecule has 0 spiro atoms. The van der Waals surface area contributed by atoms with Crippen LogP contribution in [-0.2, 0) is 20.4 Å². The van der Waals surface area contributed by atoms with E-state index in [1.54, 1.807) is 31.2 Å². The zero-order valence-corrected chi connectivity index (χ0v) is 15.6. The van der Waals surface area contributed by atoms with Gasteiger partial charge >= 0.3 is 12.1 Å². The van der Waals surface area contributed by atoms with Gasteiger partial charge in [0.1, 0.15) is 18.1 Å². The number of pyridine rings is 1. The Hall–Kier alpha value is -2.81. The van der Waals surface area contributed by atoms with Crippen LogP contribution in [0.25, 0.3) is 0 Å². The van der Waals surface area contributed by atoms with Gasteiger partial charge in [0.05, 0.1) is 11.7 Å². The standard InChI is InChI=1S/C20H20F3NO5/c1-13(19(25)27-12-17-3-2-10-26-17)28-15-5-7-16(8-6-15)29-18-9-4-14(11-24-18)20(21,22)23/h4-9,11,13,17H,2-3,10,12H2,1H3/t13?,17-/m1/s1. The van der Waals surface area contributed by atoms with Crippen molar-refractivity contribution in [1.29, 1.82) is 0 Å². The van der Waals surface area contributed by atoms with E-state index in [1.165, 1.54) is 0 Å². The summed E-state index contributed by atoms with van der Waals surface area (Å²) in [5.74, 6) is 0.310. The smallest absolute Gasteiger partial charge is 0.417 e. The molecule has 1 aliphatic rings. The zero-order valence-electron chi connectivity index (χ0n) is 15.6. The maximum Gasteiger partial charge on any atom is 0.417 e. The predicted octanol–water partition coefficient (Wildman–Crippen LogP) is 4.38. The summed E-state index contributed by atoms with van der Waals surface area (Å²) in [6, 6.07) is 8.29. The molecule has 1 aromatic carbocycles. The van der Waals surface area contributed by atoms with Crippen molar-refractivity contribution in [3.05, 3.63) is 48.2 Å². The fourth-order valence-electron chi connectivity index (χ4n) is 2.64. The van der Waals surface area contributed by atoms with Crippen molar-refractivity contribution in [2.24, 2.45) is 0 Å². The summed E-state index contributed by atoms with van der Waals surface area (Å²) < 4.78 is 59.2. The molecule has 0 bridgehead atoms. The Balaban J connectivity index is 1.49. The third kappa shape index (κ3) is 6.08. The first kappa shape index (κ1) is 20.9. The van der Waals surface area contributed by atoms with Gasteiger partial charge in [-0.2, -0.15) is 13.2 Å². The topological polar surface area (TPSA) is 66.9 Å². The number of carbonyl (C=O) groups is 1. The van der Waals surface area contributed by atoms with E-state index in [0.29, 0.717) is 24.3 Å². The minimum absolute atomic E-state index is 0.0257. The highest BCUT2D eigenvalue weighted by atomic mass is 19.4. The molecular weight excluding hydrogens is 391 g/mol. The maximum absolute atomic E-state index is 12.5. The van der Waals surface area contributed by atoms with Gasteiger partial charge in [0, 0.05) is 18.9 Å². The summed E-state index contributed by atoms with van der Waals surface area (Å²) in [4.78, 5) is 15.6. The average Bonchev–Trinajstić information content (AvgIpc) is 3.21. The Bertz CT molecular complexity index is 802. The summed E-state index contributed by atoms with van der Waals surface area (Å²) >= 11 is 0. The van der Waals surface area contributed by atoms with Gasteiger partial charge < -0.3 is 18.9 Å². The molecule has 9 heteroatoms. The lowest BCUT2D eigenvalue weighted by Gasteiger charge is -2.16. The normalized spacial score (nSPS) is 17.6. The fraction of sp³-hybridized carbons (Fsp3) is 0.400. The number of ether oxygens (including phenoxy) is 4. The molecule has 29 heavy (non-hydrogen) atoms. The zero-order chi connectivity index (χ0) is 20.9. The van der Waals surface area contributed by atoms with Crippen LogP contribution < -0.4 is 9.47 Å². The molecule has 0 saturated carbocycles. The van der Waals surface area contributed by atoms with E-state index in [9.17, 15) is 18.0 Å². The van der Waals surface area contributed by atoms with Gasteiger partial charge in [-0.25, -0.2) is 9.78 Å². The van der Waals surface area contributed by atoms with Crippen LogP contribution in [0.2, 0.25) is 0 Å². The van der Waals surface area contributed by atoms with Gasteiger partial charge in [0.2, 0.25) is 5.88 Å². The summed E-state index contributed by atoms with van der Waals surface area (Å²) in [7, 11) is 0. The second-order valence-electron chi connectivity index (χ2n) is 6.48. The quantitative estimate of drug-likeness (QED) is 0.630. The first-order chi connectivity index (χ1) is 13.8. The minimum Gasteiger partial charge on any atom is -0.479 e. The molecule has 1 saturated heterocycles. The predicted molar refractivity (Wildman–Crippen MR) is 95.8 cm³/mol. The molecule has 0 amide bonds. The van der Waals surface area contributed by atoms with E-state index in [-0.39, 0.29) is 18.6 Å². The molecule has 0 aliphatic carbocycles. The Kier molecular flexibility index (Phi) is 6.58. The third-order valence-corrected chi connectivity index (χ3v) is 4.19. The number of nitrogens with zero attached hydrogens (tertiary/aromatic N) is 1. The number of alkyl halides is 3. The van der Waals surface area contributed by atoms with Gasteiger partial charge in [0.25, 0.3) is 0 Å². The fourth-order valence-corrected chi connectivity index (χ4v) is 2.64. The Morgan fingerprint density at radius 1 is 1.21 bits per heavy atom. The molecule has 0 N–H and O–H groups in total. The molecule has 0 radical (unpaired) electrons. The van der Waals surface area contributed by atoms with Crippen molar-refractivity contribution >= 4 is 5.97 Å². The van der Waals surface area contributed by atoms with Gasteiger partial charge in [-0.1, -0.05) is 0 Å². The second-order valence-corrected chi connectivity index (χ2v) is 6.48. The lowest BCUT2D eigenvalue weighted by Crippen LogP contribution is -2.29. The average molecular weight is 411 g/mol. The number of halogens is 3. The molecule has 1 aliphatic heterocycles. The van der Waals surface area contributed by atoms with Crippen molar-refractivity contribution in [3.63, 3.8) is 0 Å². The van der Waals surface area contributed by atoms with Crippen LogP contribution in [0.3, 0.4) is 0 Å². The molecule has 2 atom stereocenters. The van der Waals surface area contributed by atoms with Crippen LogP contribution in [0.5, 0.6) is 17.4 Å². The van der Waals surface area contributed by atoms with Gasteiger partial charge in [-0.3, -0.25) is 0 Å². The van der Waals surface area contributed by atoms with E-state index >= 15 is 0 Å². The van der Waals surface area contributed by atoms with E-state index in [4.69, 9.17) is 18.9 Å². The number of esters is 1. The SMILES string of the molecule is CC(Oc1ccc(Oc2ccc(C(F)(F)F)cn2)cc1)C(=O)OC[C@H]1CCCO1. The van der Waals surface area contributed by atoms with Crippen molar-refractivity contribution in [3.8, 4) is 17.4 Å². The second kappa shape index (κ2) is 9.13. The van der Waals surface area contributed by atoms with Crippen LogP contribution in [0, 0.1) is 0 Å². The molecule has 1 aromatic heterocycles. The van der Waals surface area contributed by atoms with Crippen molar-refractivity contribution in [2.45, 2.75) is 38.1 Å². The van der Waals surface area contributed by atoms with Crippen molar-refractivity contribution in [2.75, 3.05) is 13.2 Å². The van der Waals surface area contributed by atoms with Crippen LogP contribution in [0.4, 0.5) is 13.2 Å². The molecule has 2 aromatic rings. The molecule has 3 rings (SSSR count). The molecule has 1 fully saturated rings. The Morgan fingerprint density at radius 2 is 1.93 bits per heavy atom. The van der Waals surface area contributed by atoms with E-state index in [0.717, 1.165) is 25.0 Å². The summed E-state index contributed by atoms with van der Waals surface area (Å²) in [5.41, 5.74) is -0.853. The van der Waals surface area contributed by atoms with Crippen molar-refractivity contribution < 1.29 is 36.9 Å². The molecule has 156 valence electrons. The Labute approximate surface area is 165 Å². The van der Waals surface area contributed by atoms with E-state index in [2.05, 4.69) is 4.98 Å². The third-order valence-electron chi connectivity index (χ3n) is 4.19. The number of hydrogen-bond acceptors (Lipinski definition) is 6. The van der Waals surface area contributed by atoms with Crippen molar-refractivity contribution in [1.82, 2.24) is 4.98 Å². The molecule has 1 unspecified atom stereocenters. The minimum atomic E-state index is -4.45. The summed E-state index contributed by atoms with van der Waals surface area (Å²) in [6.07, 6.45) is -2.77. The van der Waals surface area contributed by atoms with Crippen LogP contribution in [0.15, 0.2) is 42.6 Å². The lowest BCUT2D eigenvalue weighted by molar-refractivity contribution is -0.154. The first-order valence-corrected chi connectivity index (χ1v) is 9.07. The lowest BCUT2D eigenvalue weighted by atomic mass is 10.2. The first-order valence-electron chi connectivity index (χ1n) is 9.07. The molecule has 2 heterocycles. The van der Waals surface area contributed by atoms with Crippen LogP contribution in [-0.4, -0.2) is 36.4 Å². The molecule has 6 nitrogen and oxygen atoms in total. The van der Waals surface area contributed by atoms with Crippen LogP contribution >= 0.6 is 0 Å². The maximum atomic E-state index is 12.5. The highest BCUT2D eigenvalue weighted by molar-refractivity contribution is 5.74. The number of rotatable bonds is 7. The number of benzene rings is 1. The van der Waals surface area contributed by atoms with E-state index in [1.807, 2.05) is 0 Å². The monoisotopic (exact) mass is 411 g/mol. The van der Waals surface area contributed by atoms with E-state index < -0.39 is 23.8 Å². The summed E-state index contributed by atoms with van der Waals surface area (Å²) in [6.45, 7) is 2.47. The Morgan fingerprint density at radius 3 is 2.52 bits per heavy atom. The highest BCUT2D eigenvalue weighted by Gasteiger charge is 2.30. The number of aromatic nitrogens is 1. The number of hydrogen-bond donors (Lipinski definition) is 0. The highest BCUT2D eigenvalue weighted by Crippen LogP contribution is 2.30. The van der Waals surface area contributed by atoms with Gasteiger partial charge in [0.15, 0.2) is 6.10 Å². The largest absolute Gasteiger partial charge is 0.479 e.